The summed E-state index contributed by atoms with van der Waals surface area (Å²) in [5.74, 6) is -0.0831. The summed E-state index contributed by atoms with van der Waals surface area (Å²) in [5, 5.41) is 2.64. The van der Waals surface area contributed by atoms with Gasteiger partial charge in [0, 0.05) is 38.4 Å². The van der Waals surface area contributed by atoms with Crippen LogP contribution in [0.1, 0.15) is 5.56 Å². The smallest absolute Gasteiger partial charge is 0.368 e. The zero-order valence-corrected chi connectivity index (χ0v) is 19.3. The van der Waals surface area contributed by atoms with Crippen LogP contribution in [0.2, 0.25) is 0 Å². The molecule has 1 aromatic heterocycles. The molecule has 0 aliphatic carbocycles. The molecule has 0 saturated carbocycles. The molecule has 0 unspecified atom stereocenters. The third-order valence-electron chi connectivity index (χ3n) is 5.51. The SMILES string of the molecule is CN1CCN(c2nc(NCCS(=O)(=O)Nc3ccccc3)c3c(C(F)(F)F)cccc3n2)CC1. The van der Waals surface area contributed by atoms with E-state index < -0.39 is 21.8 Å². The van der Waals surface area contributed by atoms with E-state index in [9.17, 15) is 21.6 Å². The molecular weight excluding hydrogens is 469 g/mol. The van der Waals surface area contributed by atoms with E-state index in [1.165, 1.54) is 12.1 Å². The number of benzene rings is 2. The van der Waals surface area contributed by atoms with Crippen LogP contribution >= 0.6 is 0 Å². The zero-order valence-electron chi connectivity index (χ0n) is 18.5. The van der Waals surface area contributed by atoms with Gasteiger partial charge in [-0.05, 0) is 31.3 Å². The molecule has 12 heteroatoms. The van der Waals surface area contributed by atoms with Crippen LogP contribution in [0, 0.1) is 0 Å². The number of rotatable bonds is 7. The molecule has 4 rings (SSSR count). The predicted molar refractivity (Wildman–Crippen MR) is 127 cm³/mol. The van der Waals surface area contributed by atoms with E-state index in [1.807, 2.05) is 11.9 Å². The van der Waals surface area contributed by atoms with Crippen molar-refractivity contribution in [1.82, 2.24) is 14.9 Å². The second-order valence-electron chi connectivity index (χ2n) is 8.07. The van der Waals surface area contributed by atoms with Gasteiger partial charge in [-0.3, -0.25) is 4.72 Å². The van der Waals surface area contributed by atoms with Crippen LogP contribution in [0.25, 0.3) is 10.9 Å². The van der Waals surface area contributed by atoms with Gasteiger partial charge in [-0.25, -0.2) is 13.4 Å². The molecule has 0 radical (unpaired) electrons. The van der Waals surface area contributed by atoms with E-state index in [-0.39, 0.29) is 29.0 Å². The first-order chi connectivity index (χ1) is 16.1. The van der Waals surface area contributed by atoms with Crippen molar-refractivity contribution in [1.29, 1.82) is 0 Å². The fraction of sp³-hybridized carbons (Fsp3) is 0.364. The van der Waals surface area contributed by atoms with E-state index in [4.69, 9.17) is 0 Å². The first-order valence-corrected chi connectivity index (χ1v) is 12.4. The number of halogens is 3. The maximum absolute atomic E-state index is 13.7. The Morgan fingerprint density at radius 3 is 2.35 bits per heavy atom. The molecule has 182 valence electrons. The van der Waals surface area contributed by atoms with Gasteiger partial charge in [-0.15, -0.1) is 0 Å². The summed E-state index contributed by atoms with van der Waals surface area (Å²) in [7, 11) is -1.74. The van der Waals surface area contributed by atoms with Crippen LogP contribution in [-0.4, -0.2) is 68.8 Å². The van der Waals surface area contributed by atoms with Gasteiger partial charge in [-0.2, -0.15) is 18.2 Å². The molecular formula is C22H25F3N6O2S. The lowest BCUT2D eigenvalue weighted by Crippen LogP contribution is -2.45. The van der Waals surface area contributed by atoms with Crippen molar-refractivity contribution in [2.75, 3.05) is 60.5 Å². The van der Waals surface area contributed by atoms with E-state index >= 15 is 0 Å². The summed E-state index contributed by atoms with van der Waals surface area (Å²) in [6, 6.07) is 12.2. The molecule has 0 spiro atoms. The van der Waals surface area contributed by atoms with Gasteiger partial charge >= 0.3 is 6.18 Å². The predicted octanol–water partition coefficient (Wildman–Crippen LogP) is 3.25. The standard InChI is InChI=1S/C22H25F3N6O2S/c1-30-11-13-31(14-12-30)21-27-18-9-5-8-17(22(23,24)25)19(18)20(28-21)26-10-15-34(32,33)29-16-6-3-2-4-7-16/h2-9,29H,10-15H2,1H3,(H,26,27,28). The van der Waals surface area contributed by atoms with Crippen molar-refractivity contribution in [2.24, 2.45) is 0 Å². The minimum absolute atomic E-state index is 0.0400. The highest BCUT2D eigenvalue weighted by Crippen LogP contribution is 2.37. The Bertz CT molecular complexity index is 1250. The highest BCUT2D eigenvalue weighted by Gasteiger charge is 2.34. The molecule has 2 aromatic carbocycles. The lowest BCUT2D eigenvalue weighted by Gasteiger charge is -2.32. The summed E-state index contributed by atoms with van der Waals surface area (Å²) in [4.78, 5) is 12.9. The Kier molecular flexibility index (Phi) is 6.80. The number of piperazine rings is 1. The van der Waals surface area contributed by atoms with Crippen molar-refractivity contribution >= 4 is 38.4 Å². The molecule has 2 N–H and O–H groups in total. The highest BCUT2D eigenvalue weighted by atomic mass is 32.2. The fourth-order valence-corrected chi connectivity index (χ4v) is 4.69. The molecule has 1 aliphatic rings. The summed E-state index contributed by atoms with van der Waals surface area (Å²) < 4.78 is 68.6. The van der Waals surface area contributed by atoms with Crippen LogP contribution < -0.4 is 14.9 Å². The average Bonchev–Trinajstić information content (AvgIpc) is 2.78. The quantitative estimate of drug-likeness (QED) is 0.521. The molecule has 0 bridgehead atoms. The molecule has 0 amide bonds. The number of hydrogen-bond acceptors (Lipinski definition) is 7. The van der Waals surface area contributed by atoms with Crippen LogP contribution in [0.3, 0.4) is 0 Å². The number of fused-ring (bicyclic) bond motifs is 1. The number of nitrogens with zero attached hydrogens (tertiary/aromatic N) is 4. The highest BCUT2D eigenvalue weighted by molar-refractivity contribution is 7.92. The average molecular weight is 495 g/mol. The van der Waals surface area contributed by atoms with Crippen LogP contribution in [0.4, 0.5) is 30.6 Å². The third kappa shape index (κ3) is 5.68. The second-order valence-corrected chi connectivity index (χ2v) is 9.92. The van der Waals surface area contributed by atoms with Crippen molar-refractivity contribution < 1.29 is 21.6 Å². The number of likely N-dealkylation sites (N-methyl/N-ethyl adjacent to an activating group) is 1. The van der Waals surface area contributed by atoms with Gasteiger partial charge in [0.2, 0.25) is 16.0 Å². The Hall–Kier alpha value is -3.12. The van der Waals surface area contributed by atoms with Gasteiger partial charge in [0.05, 0.1) is 22.2 Å². The fourth-order valence-electron chi connectivity index (χ4n) is 3.72. The van der Waals surface area contributed by atoms with Gasteiger partial charge in [0.25, 0.3) is 0 Å². The molecule has 3 aromatic rings. The number of aromatic nitrogens is 2. The number of nitrogens with one attached hydrogen (secondary N) is 2. The maximum atomic E-state index is 13.7. The largest absolute Gasteiger partial charge is 0.417 e. The topological polar surface area (TPSA) is 90.5 Å². The van der Waals surface area contributed by atoms with E-state index in [1.54, 1.807) is 30.3 Å². The van der Waals surface area contributed by atoms with Crippen molar-refractivity contribution in [3.05, 3.63) is 54.1 Å². The third-order valence-corrected chi connectivity index (χ3v) is 6.80. The van der Waals surface area contributed by atoms with E-state index in [0.717, 1.165) is 19.2 Å². The molecule has 8 nitrogen and oxygen atoms in total. The first kappa shape index (κ1) is 24.0. The van der Waals surface area contributed by atoms with Gasteiger partial charge in [-0.1, -0.05) is 24.3 Å². The van der Waals surface area contributed by atoms with Crippen LogP contribution in [0.15, 0.2) is 48.5 Å². The Morgan fingerprint density at radius 1 is 0.971 bits per heavy atom. The number of hydrogen-bond donors (Lipinski definition) is 2. The summed E-state index contributed by atoms with van der Waals surface area (Å²) in [5.41, 5.74) is -0.319. The van der Waals surface area contributed by atoms with Crippen LogP contribution in [-0.2, 0) is 16.2 Å². The minimum Gasteiger partial charge on any atom is -0.368 e. The number of sulfonamides is 1. The van der Waals surface area contributed by atoms with Crippen molar-refractivity contribution in [3.8, 4) is 0 Å². The monoisotopic (exact) mass is 494 g/mol. The molecule has 34 heavy (non-hydrogen) atoms. The minimum atomic E-state index is -4.62. The number of alkyl halides is 3. The first-order valence-electron chi connectivity index (χ1n) is 10.7. The van der Waals surface area contributed by atoms with Gasteiger partial charge in [0.1, 0.15) is 5.82 Å². The molecule has 0 atom stereocenters. The zero-order chi connectivity index (χ0) is 24.3. The lowest BCUT2D eigenvalue weighted by molar-refractivity contribution is -0.136. The van der Waals surface area contributed by atoms with Crippen molar-refractivity contribution in [2.45, 2.75) is 6.18 Å². The lowest BCUT2D eigenvalue weighted by atomic mass is 10.1. The number of anilines is 3. The number of para-hydroxylation sites is 1. The molecule has 1 aliphatic heterocycles. The summed E-state index contributed by atoms with van der Waals surface area (Å²) >= 11 is 0. The van der Waals surface area contributed by atoms with E-state index in [2.05, 4.69) is 24.9 Å². The molecule has 1 saturated heterocycles. The maximum Gasteiger partial charge on any atom is 0.417 e. The van der Waals surface area contributed by atoms with Gasteiger partial charge in [0.15, 0.2) is 0 Å². The second kappa shape index (κ2) is 9.63. The Morgan fingerprint density at radius 2 is 1.68 bits per heavy atom. The van der Waals surface area contributed by atoms with Crippen LogP contribution in [0.5, 0.6) is 0 Å². The normalized spacial score (nSPS) is 15.5. The Balaban J connectivity index is 1.62. The molecule has 2 heterocycles. The Labute approximate surface area is 195 Å². The van der Waals surface area contributed by atoms with Gasteiger partial charge < -0.3 is 15.1 Å². The van der Waals surface area contributed by atoms with E-state index in [0.29, 0.717) is 24.7 Å². The molecule has 1 fully saturated rings. The summed E-state index contributed by atoms with van der Waals surface area (Å²) in [6.45, 7) is 2.68. The summed E-state index contributed by atoms with van der Waals surface area (Å²) in [6.07, 6.45) is -4.62. The van der Waals surface area contributed by atoms with Crippen molar-refractivity contribution in [3.63, 3.8) is 0 Å².